The number of ether oxygens (including phenoxy) is 1. The van der Waals surface area contributed by atoms with Crippen LogP contribution in [0.15, 0.2) is 40.9 Å². The molecule has 1 aliphatic heterocycles. The van der Waals surface area contributed by atoms with Gasteiger partial charge in [-0.25, -0.2) is 4.39 Å². The lowest BCUT2D eigenvalue weighted by Gasteiger charge is -2.23. The van der Waals surface area contributed by atoms with Crippen LogP contribution in [0.3, 0.4) is 0 Å². The molecule has 1 atom stereocenters. The summed E-state index contributed by atoms with van der Waals surface area (Å²) >= 11 is 3.25. The highest BCUT2D eigenvalue weighted by molar-refractivity contribution is 9.10. The fraction of sp³-hybridized carbons (Fsp3) is 0.250. The fourth-order valence-corrected chi connectivity index (χ4v) is 3.03. The molecule has 0 fully saturated rings. The quantitative estimate of drug-likeness (QED) is 0.898. The molecule has 104 valence electrons. The lowest BCUT2D eigenvalue weighted by molar-refractivity contribution is 0.206. The van der Waals surface area contributed by atoms with Gasteiger partial charge in [0.1, 0.15) is 17.7 Å². The van der Waals surface area contributed by atoms with Crippen LogP contribution in [0.1, 0.15) is 29.2 Å². The van der Waals surface area contributed by atoms with Gasteiger partial charge >= 0.3 is 0 Å². The first-order chi connectivity index (χ1) is 9.65. The molecular weight excluding hydrogens is 323 g/mol. The number of benzene rings is 2. The molecule has 0 radical (unpaired) electrons. The van der Waals surface area contributed by atoms with Gasteiger partial charge in [0.15, 0.2) is 0 Å². The first kappa shape index (κ1) is 13.6. The van der Waals surface area contributed by atoms with Crippen molar-refractivity contribution in [3.63, 3.8) is 0 Å². The number of aryl methyl sites for hydroxylation is 1. The Morgan fingerprint density at radius 3 is 2.90 bits per heavy atom. The summed E-state index contributed by atoms with van der Waals surface area (Å²) in [6.45, 7) is 0.656. The molecule has 0 amide bonds. The number of halogens is 2. The molecule has 4 heteroatoms. The van der Waals surface area contributed by atoms with Crippen LogP contribution in [0.25, 0.3) is 0 Å². The van der Waals surface area contributed by atoms with E-state index < -0.39 is 6.10 Å². The summed E-state index contributed by atoms with van der Waals surface area (Å²) in [5, 5.41) is 10.5. The molecule has 2 nitrogen and oxygen atoms in total. The highest BCUT2D eigenvalue weighted by Crippen LogP contribution is 2.36. The van der Waals surface area contributed by atoms with Crippen molar-refractivity contribution in [2.45, 2.75) is 18.9 Å². The number of hydrogen-bond acceptors (Lipinski definition) is 2. The standard InChI is InChI=1S/C16H14BrFO2/c17-12-7-11(8-13(18)9-12)15(19)14-5-1-3-10-4-2-6-20-16(10)14/h1,3,5,7-9,15,19H,2,4,6H2. The largest absolute Gasteiger partial charge is 0.493 e. The molecule has 0 aromatic heterocycles. The summed E-state index contributed by atoms with van der Waals surface area (Å²) in [6.07, 6.45) is 1.04. The summed E-state index contributed by atoms with van der Waals surface area (Å²) in [6, 6.07) is 10.2. The van der Waals surface area contributed by atoms with Gasteiger partial charge in [0.05, 0.1) is 6.61 Å². The average Bonchev–Trinajstić information content (AvgIpc) is 2.45. The van der Waals surface area contributed by atoms with Crippen molar-refractivity contribution in [1.29, 1.82) is 0 Å². The Labute approximate surface area is 125 Å². The molecule has 0 bridgehead atoms. The lowest BCUT2D eigenvalue weighted by atomic mass is 9.95. The van der Waals surface area contributed by atoms with Crippen molar-refractivity contribution in [1.82, 2.24) is 0 Å². The minimum absolute atomic E-state index is 0.376. The molecule has 2 aromatic rings. The van der Waals surface area contributed by atoms with Crippen LogP contribution < -0.4 is 4.74 Å². The maximum atomic E-state index is 13.5. The number of fused-ring (bicyclic) bond motifs is 1. The second-order valence-corrected chi connectivity index (χ2v) is 5.81. The van der Waals surface area contributed by atoms with Crippen LogP contribution in [0.5, 0.6) is 5.75 Å². The summed E-state index contributed by atoms with van der Waals surface area (Å²) in [7, 11) is 0. The van der Waals surface area contributed by atoms with Crippen molar-refractivity contribution in [3.8, 4) is 5.75 Å². The van der Waals surface area contributed by atoms with E-state index in [9.17, 15) is 9.50 Å². The van der Waals surface area contributed by atoms with E-state index in [0.717, 1.165) is 24.2 Å². The highest BCUT2D eigenvalue weighted by Gasteiger charge is 2.21. The van der Waals surface area contributed by atoms with Crippen molar-refractivity contribution < 1.29 is 14.2 Å². The Morgan fingerprint density at radius 1 is 1.25 bits per heavy atom. The van der Waals surface area contributed by atoms with Gasteiger partial charge in [0.25, 0.3) is 0 Å². The molecule has 20 heavy (non-hydrogen) atoms. The molecular formula is C16H14BrFO2. The first-order valence-corrected chi connectivity index (χ1v) is 7.33. The molecule has 0 aliphatic carbocycles. The predicted octanol–water partition coefficient (Wildman–Crippen LogP) is 3.99. The van der Waals surface area contributed by atoms with E-state index in [1.54, 1.807) is 6.07 Å². The van der Waals surface area contributed by atoms with E-state index >= 15 is 0 Å². The van der Waals surface area contributed by atoms with E-state index in [-0.39, 0.29) is 5.82 Å². The van der Waals surface area contributed by atoms with Gasteiger partial charge < -0.3 is 9.84 Å². The normalized spacial score (nSPS) is 15.3. The molecule has 3 rings (SSSR count). The molecule has 2 aromatic carbocycles. The Morgan fingerprint density at radius 2 is 2.10 bits per heavy atom. The van der Waals surface area contributed by atoms with E-state index in [1.165, 1.54) is 12.1 Å². The van der Waals surface area contributed by atoms with Crippen molar-refractivity contribution >= 4 is 15.9 Å². The Hall–Kier alpha value is -1.39. The predicted molar refractivity (Wildman–Crippen MR) is 78.4 cm³/mol. The van der Waals surface area contributed by atoms with E-state index in [2.05, 4.69) is 15.9 Å². The van der Waals surface area contributed by atoms with E-state index in [0.29, 0.717) is 22.2 Å². The third-order valence-electron chi connectivity index (χ3n) is 3.46. The average molecular weight is 337 g/mol. The molecule has 1 heterocycles. The zero-order valence-corrected chi connectivity index (χ0v) is 12.4. The third kappa shape index (κ3) is 2.58. The van der Waals surface area contributed by atoms with Crippen LogP contribution in [-0.4, -0.2) is 11.7 Å². The molecule has 0 spiro atoms. The van der Waals surface area contributed by atoms with Crippen LogP contribution in [0, 0.1) is 5.82 Å². The molecule has 1 aliphatic rings. The molecule has 0 saturated carbocycles. The Bertz CT molecular complexity index is 622. The summed E-state index contributed by atoms with van der Waals surface area (Å²) < 4.78 is 19.8. The van der Waals surface area contributed by atoms with Gasteiger partial charge in [0.2, 0.25) is 0 Å². The van der Waals surface area contributed by atoms with E-state index in [1.807, 2.05) is 18.2 Å². The molecule has 0 saturated heterocycles. The van der Waals surface area contributed by atoms with Crippen LogP contribution >= 0.6 is 15.9 Å². The lowest BCUT2D eigenvalue weighted by Crippen LogP contribution is -2.12. The first-order valence-electron chi connectivity index (χ1n) is 6.54. The monoisotopic (exact) mass is 336 g/mol. The minimum Gasteiger partial charge on any atom is -0.493 e. The number of hydrogen-bond donors (Lipinski definition) is 1. The molecule has 1 unspecified atom stereocenters. The van der Waals surface area contributed by atoms with Crippen LogP contribution in [0.2, 0.25) is 0 Å². The van der Waals surface area contributed by atoms with Crippen molar-refractivity contribution in [3.05, 3.63) is 63.4 Å². The van der Waals surface area contributed by atoms with Gasteiger partial charge in [-0.05, 0) is 42.2 Å². The molecule has 1 N–H and O–H groups in total. The second kappa shape index (κ2) is 5.54. The Balaban J connectivity index is 2.04. The zero-order valence-electron chi connectivity index (χ0n) is 10.8. The minimum atomic E-state index is -0.893. The number of aliphatic hydroxyl groups is 1. The SMILES string of the molecule is OC(c1cc(F)cc(Br)c1)c1cccc2c1OCCC2. The van der Waals surface area contributed by atoms with Gasteiger partial charge in [-0.1, -0.05) is 34.1 Å². The Kier molecular flexibility index (Phi) is 3.76. The summed E-state index contributed by atoms with van der Waals surface area (Å²) in [4.78, 5) is 0. The maximum absolute atomic E-state index is 13.5. The smallest absolute Gasteiger partial charge is 0.128 e. The van der Waals surface area contributed by atoms with Crippen LogP contribution in [0.4, 0.5) is 4.39 Å². The fourth-order valence-electron chi connectivity index (χ4n) is 2.54. The second-order valence-electron chi connectivity index (χ2n) is 4.89. The van der Waals surface area contributed by atoms with Crippen LogP contribution in [-0.2, 0) is 6.42 Å². The third-order valence-corrected chi connectivity index (χ3v) is 3.92. The highest BCUT2D eigenvalue weighted by atomic mass is 79.9. The summed E-state index contributed by atoms with van der Waals surface area (Å²) in [5.41, 5.74) is 2.31. The number of para-hydroxylation sites is 1. The number of rotatable bonds is 2. The van der Waals surface area contributed by atoms with E-state index in [4.69, 9.17) is 4.74 Å². The zero-order chi connectivity index (χ0) is 14.1. The van der Waals surface area contributed by atoms with Gasteiger partial charge in [0, 0.05) is 10.0 Å². The topological polar surface area (TPSA) is 29.5 Å². The maximum Gasteiger partial charge on any atom is 0.128 e. The van der Waals surface area contributed by atoms with Gasteiger partial charge in [-0.15, -0.1) is 0 Å². The van der Waals surface area contributed by atoms with Crippen molar-refractivity contribution in [2.24, 2.45) is 0 Å². The number of aliphatic hydroxyl groups excluding tert-OH is 1. The summed E-state index contributed by atoms with van der Waals surface area (Å²) in [5.74, 6) is 0.366. The van der Waals surface area contributed by atoms with Crippen molar-refractivity contribution in [2.75, 3.05) is 6.61 Å². The van der Waals surface area contributed by atoms with Gasteiger partial charge in [-0.2, -0.15) is 0 Å². The van der Waals surface area contributed by atoms with Gasteiger partial charge in [-0.3, -0.25) is 0 Å².